The van der Waals surface area contributed by atoms with Crippen LogP contribution in [0.15, 0.2) is 109 Å². The summed E-state index contributed by atoms with van der Waals surface area (Å²) in [5.74, 6) is 0.0161. The molecule has 1 saturated carbocycles. The summed E-state index contributed by atoms with van der Waals surface area (Å²) in [4.78, 5) is 17.2. The van der Waals surface area contributed by atoms with E-state index in [1.807, 2.05) is 48.5 Å². The van der Waals surface area contributed by atoms with Crippen molar-refractivity contribution in [2.24, 2.45) is 5.41 Å². The predicted octanol–water partition coefficient (Wildman–Crippen LogP) is 8.64. The first-order chi connectivity index (χ1) is 22.7. The smallest absolute Gasteiger partial charge is 0.193 e. The van der Waals surface area contributed by atoms with Crippen LogP contribution in [0.4, 0.5) is 0 Å². The fourth-order valence-electron chi connectivity index (χ4n) is 8.78. The third kappa shape index (κ3) is 6.15. The van der Waals surface area contributed by atoms with E-state index in [2.05, 4.69) is 73.4 Å². The quantitative estimate of drug-likeness (QED) is 0.172. The van der Waals surface area contributed by atoms with Crippen LogP contribution in [0.3, 0.4) is 0 Å². The van der Waals surface area contributed by atoms with Gasteiger partial charge in [-0.05, 0) is 97.2 Å². The molecule has 4 atom stereocenters. The van der Waals surface area contributed by atoms with Crippen LogP contribution in [0.2, 0.25) is 0 Å². The number of fused-ring (bicyclic) bond motifs is 9. The molecule has 4 heteroatoms. The number of hydrogen-bond acceptors (Lipinski definition) is 4. The molecule has 8 rings (SSSR count). The van der Waals surface area contributed by atoms with Gasteiger partial charge in [-0.1, -0.05) is 110 Å². The maximum absolute atomic E-state index is 14.8. The first kappa shape index (κ1) is 31.8. The molecule has 4 aliphatic rings. The van der Waals surface area contributed by atoms with Gasteiger partial charge >= 0.3 is 0 Å². The molecule has 0 amide bonds. The van der Waals surface area contributed by atoms with Gasteiger partial charge in [0.25, 0.3) is 0 Å². The van der Waals surface area contributed by atoms with Gasteiger partial charge in [0, 0.05) is 36.2 Å². The molecule has 0 saturated heterocycles. The Morgan fingerprint density at radius 3 is 2.32 bits per heavy atom. The summed E-state index contributed by atoms with van der Waals surface area (Å²) in [5, 5.41) is 23.8. The van der Waals surface area contributed by atoms with Crippen molar-refractivity contribution >= 4 is 5.78 Å². The molecule has 0 spiro atoms. The second-order valence-electron chi connectivity index (χ2n) is 14.6. The van der Waals surface area contributed by atoms with E-state index in [-0.39, 0.29) is 11.7 Å². The van der Waals surface area contributed by atoms with Crippen molar-refractivity contribution in [1.82, 2.24) is 4.90 Å². The lowest BCUT2D eigenvalue weighted by atomic mass is 9.64. The summed E-state index contributed by atoms with van der Waals surface area (Å²) in [6, 6.07) is 33.0. The van der Waals surface area contributed by atoms with Gasteiger partial charge in [-0.2, -0.15) is 0 Å². The molecule has 0 aromatic heterocycles. The Kier molecular flexibility index (Phi) is 8.78. The van der Waals surface area contributed by atoms with Gasteiger partial charge in [-0.25, -0.2) is 0 Å². The largest absolute Gasteiger partial charge is 0.393 e. The summed E-state index contributed by atoms with van der Waals surface area (Å²) in [6.07, 6.45) is 7.07. The van der Waals surface area contributed by atoms with E-state index in [1.54, 1.807) is 0 Å². The highest BCUT2D eigenvalue weighted by atomic mass is 16.3. The number of carbonyl (C=O) groups is 1. The SMILES string of the molecule is CC1=CCC[C@@]2(C)[C@@H](CC[C@@]2(O)CN2Cc3ccccc3C2)c2ccc(cc2C(=O)c2ccccc2-c2ccccc2)C[C@@H](O)CC1. The summed E-state index contributed by atoms with van der Waals surface area (Å²) < 4.78 is 0. The number of β-amino-alcohol motifs (C(OH)–C–C–N with tert-alkyl or cyclic N) is 1. The molecule has 1 heterocycles. The minimum absolute atomic E-state index is 0.00593. The summed E-state index contributed by atoms with van der Waals surface area (Å²) in [6.45, 7) is 6.77. The molecule has 1 fully saturated rings. The van der Waals surface area contributed by atoms with Gasteiger partial charge in [-0.3, -0.25) is 9.69 Å². The van der Waals surface area contributed by atoms with Gasteiger partial charge < -0.3 is 10.2 Å². The van der Waals surface area contributed by atoms with Crippen LogP contribution in [0, 0.1) is 5.41 Å². The van der Waals surface area contributed by atoms with E-state index >= 15 is 0 Å². The normalized spacial score (nSPS) is 26.3. The van der Waals surface area contributed by atoms with Crippen LogP contribution >= 0.6 is 0 Å². The number of benzene rings is 4. The Hall–Kier alpha value is -3.83. The summed E-state index contributed by atoms with van der Waals surface area (Å²) in [7, 11) is 0. The van der Waals surface area contributed by atoms with Gasteiger partial charge in [-0.15, -0.1) is 0 Å². The zero-order valence-electron chi connectivity index (χ0n) is 27.8. The van der Waals surface area contributed by atoms with E-state index in [4.69, 9.17) is 0 Å². The van der Waals surface area contributed by atoms with Gasteiger partial charge in [0.1, 0.15) is 0 Å². The van der Waals surface area contributed by atoms with Crippen LogP contribution < -0.4 is 0 Å². The average molecular weight is 626 g/mol. The van der Waals surface area contributed by atoms with Crippen molar-refractivity contribution in [3.8, 4) is 11.1 Å². The highest BCUT2D eigenvalue weighted by Gasteiger charge is 2.57. The van der Waals surface area contributed by atoms with E-state index in [0.717, 1.165) is 61.0 Å². The number of allylic oxidation sites excluding steroid dienone is 2. The van der Waals surface area contributed by atoms with E-state index in [0.29, 0.717) is 36.9 Å². The maximum Gasteiger partial charge on any atom is 0.193 e. The van der Waals surface area contributed by atoms with Crippen molar-refractivity contribution in [2.75, 3.05) is 6.54 Å². The standard InChI is InChI=1S/C43H47NO3/c1-30-11-10-23-42(2)40(22-24-43(42,47)29-44-27-33-14-6-7-15-34(33)28-44)37-21-19-31(25-35(45)20-18-30)26-39(37)41(46)38-17-9-8-16-36(38)32-12-4-3-5-13-32/h3-9,11-17,19,21,26,35,40,45,47H,10,18,20,22-25,27-29H2,1-2H3/t35-,40-,42-,43+/m0/s1. The molecule has 242 valence electrons. The lowest BCUT2D eigenvalue weighted by molar-refractivity contribution is -0.0845. The maximum atomic E-state index is 14.8. The Balaban J connectivity index is 1.31. The molecule has 4 nitrogen and oxygen atoms in total. The van der Waals surface area contributed by atoms with E-state index in [1.165, 1.54) is 16.7 Å². The van der Waals surface area contributed by atoms with Gasteiger partial charge in [0.05, 0.1) is 11.7 Å². The molecule has 47 heavy (non-hydrogen) atoms. The van der Waals surface area contributed by atoms with Crippen LogP contribution in [0.1, 0.15) is 96.5 Å². The molecule has 1 aliphatic heterocycles. The van der Waals surface area contributed by atoms with E-state index in [9.17, 15) is 15.0 Å². The van der Waals surface area contributed by atoms with Crippen LogP contribution in [-0.4, -0.2) is 39.1 Å². The first-order valence-electron chi connectivity index (χ1n) is 17.4. The molecular formula is C43H47NO3. The minimum atomic E-state index is -0.907. The number of nitrogens with zero attached hydrogens (tertiary/aromatic N) is 1. The predicted molar refractivity (Wildman–Crippen MR) is 189 cm³/mol. The minimum Gasteiger partial charge on any atom is -0.393 e. The number of hydrogen-bond donors (Lipinski definition) is 2. The number of ketones is 1. The molecule has 4 aromatic rings. The van der Waals surface area contributed by atoms with Crippen LogP contribution in [0.25, 0.3) is 11.1 Å². The molecule has 0 radical (unpaired) electrons. The van der Waals surface area contributed by atoms with Crippen molar-refractivity contribution in [3.63, 3.8) is 0 Å². The Bertz CT molecular complexity index is 1770. The number of aliphatic hydroxyl groups excluding tert-OH is 1. The Morgan fingerprint density at radius 2 is 1.55 bits per heavy atom. The zero-order chi connectivity index (χ0) is 32.6. The zero-order valence-corrected chi connectivity index (χ0v) is 27.8. The Labute approximate surface area is 279 Å². The second-order valence-corrected chi connectivity index (χ2v) is 14.6. The van der Waals surface area contributed by atoms with Crippen molar-refractivity contribution in [3.05, 3.63) is 142 Å². The molecule has 2 bridgehead atoms. The molecule has 3 aliphatic carbocycles. The Morgan fingerprint density at radius 1 is 0.851 bits per heavy atom. The summed E-state index contributed by atoms with van der Waals surface area (Å²) >= 11 is 0. The second kappa shape index (κ2) is 13.0. The van der Waals surface area contributed by atoms with Crippen molar-refractivity contribution in [2.45, 2.75) is 89.5 Å². The molecule has 2 N–H and O–H groups in total. The lowest BCUT2D eigenvalue weighted by Crippen LogP contribution is -2.51. The molecular weight excluding hydrogens is 578 g/mol. The molecule has 4 aromatic carbocycles. The van der Waals surface area contributed by atoms with Crippen molar-refractivity contribution < 1.29 is 15.0 Å². The first-order valence-corrected chi connectivity index (χ1v) is 17.4. The monoisotopic (exact) mass is 625 g/mol. The van der Waals surface area contributed by atoms with Crippen molar-refractivity contribution in [1.29, 1.82) is 0 Å². The highest BCUT2D eigenvalue weighted by molar-refractivity contribution is 6.13. The van der Waals surface area contributed by atoms with Crippen LogP contribution in [0.5, 0.6) is 0 Å². The average Bonchev–Trinajstić information content (AvgIpc) is 3.60. The topological polar surface area (TPSA) is 60.8 Å². The third-order valence-corrected chi connectivity index (χ3v) is 11.6. The fraction of sp³-hybridized carbons (Fsp3) is 0.372. The lowest BCUT2D eigenvalue weighted by Gasteiger charge is -2.45. The van der Waals surface area contributed by atoms with Gasteiger partial charge in [0.15, 0.2) is 5.78 Å². The molecule has 0 unspecified atom stereocenters. The fourth-order valence-corrected chi connectivity index (χ4v) is 8.78. The van der Waals surface area contributed by atoms with Crippen LogP contribution in [-0.2, 0) is 19.5 Å². The number of aliphatic hydroxyl groups is 2. The highest BCUT2D eigenvalue weighted by Crippen LogP contribution is 2.59. The number of carbonyl (C=O) groups excluding carboxylic acids is 1. The summed E-state index contributed by atoms with van der Waals surface area (Å²) in [5.41, 5.74) is 7.96. The van der Waals surface area contributed by atoms with Gasteiger partial charge in [0.2, 0.25) is 0 Å². The third-order valence-electron chi connectivity index (χ3n) is 11.6. The van der Waals surface area contributed by atoms with E-state index < -0.39 is 17.1 Å². The number of rotatable bonds is 5.